The second kappa shape index (κ2) is 6.51. The van der Waals surface area contributed by atoms with E-state index in [-0.39, 0.29) is 0 Å². The Morgan fingerprint density at radius 1 is 1.33 bits per heavy atom. The van der Waals surface area contributed by atoms with Crippen LogP contribution in [-0.2, 0) is 4.79 Å². The topological polar surface area (TPSA) is 20.3 Å². The second-order valence-corrected chi connectivity index (χ2v) is 4.84. The summed E-state index contributed by atoms with van der Waals surface area (Å²) in [5, 5.41) is 0. The lowest BCUT2D eigenvalue weighted by molar-refractivity contribution is -0.106. The molecule has 0 atom stereocenters. The Morgan fingerprint density at radius 2 is 2.00 bits per heavy atom. The molecule has 0 heterocycles. The lowest BCUT2D eigenvalue weighted by Gasteiger charge is -2.16. The zero-order valence-corrected chi connectivity index (χ0v) is 10.0. The van der Waals surface area contributed by atoms with Crippen molar-refractivity contribution in [3.63, 3.8) is 0 Å². The van der Waals surface area contributed by atoms with Crippen LogP contribution in [0.3, 0.4) is 0 Å². The molecule has 0 fully saturated rings. The van der Waals surface area contributed by atoms with Gasteiger partial charge in [-0.1, -0.05) is 32.0 Å². The Balaban J connectivity index is 2.46. The number of nitrogens with zero attached hydrogens (tertiary/aromatic N) is 1. The van der Waals surface area contributed by atoms with Crippen LogP contribution in [-0.4, -0.2) is 12.2 Å². The third kappa shape index (κ3) is 4.38. The molecule has 0 spiro atoms. The summed E-state index contributed by atoms with van der Waals surface area (Å²) >= 11 is 1.57. The Bertz CT molecular complexity index is 287. The summed E-state index contributed by atoms with van der Waals surface area (Å²) in [5.41, 5.74) is 0.946. The minimum Gasteiger partial charge on any atom is -0.277 e. The molecule has 1 amide bonds. The molecule has 0 aliphatic rings. The highest BCUT2D eigenvalue weighted by Gasteiger charge is 2.05. The molecule has 0 aliphatic carbocycles. The fourth-order valence-corrected chi connectivity index (χ4v) is 2.23. The quantitative estimate of drug-likeness (QED) is 0.544. The molecule has 0 aromatic heterocycles. The van der Waals surface area contributed by atoms with Gasteiger partial charge in [-0.25, -0.2) is 0 Å². The molecular weight excluding hydrogens is 206 g/mol. The van der Waals surface area contributed by atoms with Crippen molar-refractivity contribution in [2.45, 2.75) is 20.3 Å². The Hall–Kier alpha value is -0.960. The summed E-state index contributed by atoms with van der Waals surface area (Å²) < 4.78 is 1.68. The molecule has 0 bridgehead atoms. The average molecular weight is 223 g/mol. The minimum atomic E-state index is 0.682. The van der Waals surface area contributed by atoms with Crippen molar-refractivity contribution in [2.75, 3.05) is 10.1 Å². The second-order valence-electron chi connectivity index (χ2n) is 3.78. The summed E-state index contributed by atoms with van der Waals surface area (Å²) in [6, 6.07) is 9.71. The zero-order valence-electron chi connectivity index (χ0n) is 9.22. The van der Waals surface area contributed by atoms with E-state index < -0.39 is 0 Å². The van der Waals surface area contributed by atoms with Gasteiger partial charge >= 0.3 is 0 Å². The van der Waals surface area contributed by atoms with E-state index in [0.29, 0.717) is 5.92 Å². The Kier molecular flexibility index (Phi) is 5.26. The normalized spacial score (nSPS) is 10.3. The first kappa shape index (κ1) is 12.1. The highest BCUT2D eigenvalue weighted by atomic mass is 32.2. The van der Waals surface area contributed by atoms with E-state index in [4.69, 9.17) is 0 Å². The summed E-state index contributed by atoms with van der Waals surface area (Å²) in [6.07, 6.45) is 2.00. The highest BCUT2D eigenvalue weighted by molar-refractivity contribution is 8.01. The number of amides is 1. The maximum absolute atomic E-state index is 10.9. The summed E-state index contributed by atoms with van der Waals surface area (Å²) in [4.78, 5) is 10.9. The van der Waals surface area contributed by atoms with Crippen molar-refractivity contribution in [3.8, 4) is 0 Å². The lowest BCUT2D eigenvalue weighted by atomic mass is 10.2. The van der Waals surface area contributed by atoms with Crippen molar-refractivity contribution < 1.29 is 4.79 Å². The maximum atomic E-state index is 10.9. The number of benzene rings is 1. The molecule has 15 heavy (non-hydrogen) atoms. The fraction of sp³-hybridized carbons (Fsp3) is 0.417. The van der Waals surface area contributed by atoms with E-state index in [1.54, 1.807) is 16.3 Å². The van der Waals surface area contributed by atoms with Crippen LogP contribution >= 0.6 is 11.9 Å². The molecule has 0 unspecified atom stereocenters. The van der Waals surface area contributed by atoms with Crippen LogP contribution in [0.1, 0.15) is 20.3 Å². The molecule has 1 rings (SSSR count). The van der Waals surface area contributed by atoms with Crippen LogP contribution in [0.2, 0.25) is 0 Å². The molecule has 0 aliphatic heterocycles. The van der Waals surface area contributed by atoms with Gasteiger partial charge in [0.1, 0.15) is 0 Å². The Labute approximate surface area is 95.8 Å². The number of para-hydroxylation sites is 1. The molecular formula is C12H17NOS. The van der Waals surface area contributed by atoms with E-state index >= 15 is 0 Å². The smallest absolute Gasteiger partial charge is 0.224 e. The van der Waals surface area contributed by atoms with E-state index in [2.05, 4.69) is 13.8 Å². The van der Waals surface area contributed by atoms with E-state index in [1.807, 2.05) is 30.3 Å². The fourth-order valence-electron chi connectivity index (χ4n) is 1.13. The monoisotopic (exact) mass is 223 g/mol. The van der Waals surface area contributed by atoms with Crippen molar-refractivity contribution >= 4 is 24.0 Å². The minimum absolute atomic E-state index is 0.682. The number of rotatable bonds is 6. The zero-order chi connectivity index (χ0) is 11.1. The van der Waals surface area contributed by atoms with Gasteiger partial charge in [-0.05, 0) is 36.4 Å². The average Bonchev–Trinajstić information content (AvgIpc) is 2.25. The van der Waals surface area contributed by atoms with Gasteiger partial charge in [0.15, 0.2) is 0 Å². The molecule has 0 radical (unpaired) electrons. The summed E-state index contributed by atoms with van der Waals surface area (Å²) in [5.74, 6) is 1.66. The number of carbonyl (C=O) groups is 1. The van der Waals surface area contributed by atoms with Crippen LogP contribution in [0.15, 0.2) is 30.3 Å². The van der Waals surface area contributed by atoms with Crippen LogP contribution in [0, 0.1) is 5.92 Å². The third-order valence-corrected chi connectivity index (χ3v) is 3.03. The van der Waals surface area contributed by atoms with Gasteiger partial charge in [0.05, 0.1) is 5.69 Å². The maximum Gasteiger partial charge on any atom is 0.224 e. The Morgan fingerprint density at radius 3 is 2.53 bits per heavy atom. The number of carbonyl (C=O) groups excluding carboxylic acids is 1. The van der Waals surface area contributed by atoms with Crippen molar-refractivity contribution in [1.29, 1.82) is 0 Å². The number of anilines is 1. The largest absolute Gasteiger partial charge is 0.277 e. The van der Waals surface area contributed by atoms with Gasteiger partial charge in [0.25, 0.3) is 0 Å². The first-order valence-electron chi connectivity index (χ1n) is 5.16. The van der Waals surface area contributed by atoms with Crippen LogP contribution < -0.4 is 4.31 Å². The van der Waals surface area contributed by atoms with Gasteiger partial charge in [-0.3, -0.25) is 9.10 Å². The molecule has 2 nitrogen and oxygen atoms in total. The first-order valence-corrected chi connectivity index (χ1v) is 6.10. The predicted octanol–water partition coefficient (Wildman–Crippen LogP) is 3.34. The van der Waals surface area contributed by atoms with Crippen LogP contribution in [0.5, 0.6) is 0 Å². The van der Waals surface area contributed by atoms with Gasteiger partial charge in [0.2, 0.25) is 6.41 Å². The first-order chi connectivity index (χ1) is 7.24. The summed E-state index contributed by atoms with van der Waals surface area (Å²) in [6.45, 7) is 4.38. The molecule has 0 saturated heterocycles. The van der Waals surface area contributed by atoms with Gasteiger partial charge in [0, 0.05) is 5.75 Å². The SMILES string of the molecule is CC(C)CCSN(C=O)c1ccccc1. The van der Waals surface area contributed by atoms with Gasteiger partial charge < -0.3 is 0 Å². The number of hydrogen-bond acceptors (Lipinski definition) is 2. The highest BCUT2D eigenvalue weighted by Crippen LogP contribution is 2.21. The van der Waals surface area contributed by atoms with Crippen LogP contribution in [0.25, 0.3) is 0 Å². The molecule has 0 saturated carbocycles. The predicted molar refractivity (Wildman–Crippen MR) is 66.9 cm³/mol. The standard InChI is InChI=1S/C12H17NOS/c1-11(2)8-9-15-13(10-14)12-6-4-3-5-7-12/h3-7,10-11H,8-9H2,1-2H3. The molecule has 0 N–H and O–H groups in total. The molecule has 3 heteroatoms. The van der Waals surface area contributed by atoms with E-state index in [0.717, 1.165) is 24.3 Å². The molecule has 82 valence electrons. The van der Waals surface area contributed by atoms with Crippen molar-refractivity contribution in [2.24, 2.45) is 5.92 Å². The van der Waals surface area contributed by atoms with Gasteiger partial charge in [-0.2, -0.15) is 0 Å². The molecule has 1 aromatic rings. The van der Waals surface area contributed by atoms with E-state index in [1.165, 1.54) is 0 Å². The lowest BCUT2D eigenvalue weighted by Crippen LogP contribution is -2.12. The summed E-state index contributed by atoms with van der Waals surface area (Å²) in [7, 11) is 0. The number of hydrogen-bond donors (Lipinski definition) is 0. The van der Waals surface area contributed by atoms with E-state index in [9.17, 15) is 4.79 Å². The van der Waals surface area contributed by atoms with Crippen molar-refractivity contribution in [3.05, 3.63) is 30.3 Å². The molecule has 1 aromatic carbocycles. The van der Waals surface area contributed by atoms with Crippen molar-refractivity contribution in [1.82, 2.24) is 0 Å². The third-order valence-electron chi connectivity index (χ3n) is 2.03. The van der Waals surface area contributed by atoms with Crippen LogP contribution in [0.4, 0.5) is 5.69 Å². The van der Waals surface area contributed by atoms with Gasteiger partial charge in [-0.15, -0.1) is 0 Å².